The number of rotatable bonds is 8. The van der Waals surface area contributed by atoms with Crippen molar-refractivity contribution >= 4 is 11.9 Å². The van der Waals surface area contributed by atoms with E-state index in [2.05, 4.69) is 0 Å². The van der Waals surface area contributed by atoms with Gasteiger partial charge < -0.3 is 9.64 Å². The zero-order valence-corrected chi connectivity index (χ0v) is 11.5. The standard InChI is InChI=1S/C13H25NO3/c1-5-10-17-13(16)11(4)8-9-12(15)14(6-2)7-3/h11H,5-10H2,1-4H3. The summed E-state index contributed by atoms with van der Waals surface area (Å²) in [6.07, 6.45) is 1.82. The van der Waals surface area contributed by atoms with Crippen molar-refractivity contribution in [3.8, 4) is 0 Å². The molecule has 0 bridgehead atoms. The monoisotopic (exact) mass is 243 g/mol. The number of nitrogens with zero attached hydrogens (tertiary/aromatic N) is 1. The van der Waals surface area contributed by atoms with Crippen LogP contribution in [0.2, 0.25) is 0 Å². The predicted molar refractivity (Wildman–Crippen MR) is 67.6 cm³/mol. The van der Waals surface area contributed by atoms with Crippen LogP contribution >= 0.6 is 0 Å². The summed E-state index contributed by atoms with van der Waals surface area (Å²) in [5.74, 6) is -0.273. The highest BCUT2D eigenvalue weighted by molar-refractivity contribution is 5.77. The average molecular weight is 243 g/mol. The van der Waals surface area contributed by atoms with Crippen LogP contribution in [-0.2, 0) is 14.3 Å². The summed E-state index contributed by atoms with van der Waals surface area (Å²) in [6.45, 7) is 9.61. The average Bonchev–Trinajstić information content (AvgIpc) is 2.34. The van der Waals surface area contributed by atoms with Crippen molar-refractivity contribution in [3.05, 3.63) is 0 Å². The first-order valence-electron chi connectivity index (χ1n) is 6.51. The third-order valence-electron chi connectivity index (χ3n) is 2.76. The summed E-state index contributed by atoms with van der Waals surface area (Å²) in [5, 5.41) is 0. The van der Waals surface area contributed by atoms with Crippen molar-refractivity contribution in [2.24, 2.45) is 5.92 Å². The van der Waals surface area contributed by atoms with Crippen LogP contribution in [0.15, 0.2) is 0 Å². The molecule has 0 aromatic carbocycles. The van der Waals surface area contributed by atoms with E-state index in [1.54, 1.807) is 4.90 Å². The Morgan fingerprint density at radius 2 is 1.76 bits per heavy atom. The molecule has 0 aromatic rings. The van der Waals surface area contributed by atoms with E-state index in [4.69, 9.17) is 4.74 Å². The Kier molecular flexibility index (Phi) is 8.46. The van der Waals surface area contributed by atoms with Crippen molar-refractivity contribution in [1.29, 1.82) is 0 Å². The second-order valence-corrected chi connectivity index (χ2v) is 4.17. The van der Waals surface area contributed by atoms with Gasteiger partial charge in [-0.05, 0) is 26.7 Å². The van der Waals surface area contributed by atoms with Gasteiger partial charge in [0, 0.05) is 19.5 Å². The predicted octanol–water partition coefficient (Wildman–Crippen LogP) is 2.22. The molecule has 0 aliphatic carbocycles. The largest absolute Gasteiger partial charge is 0.465 e. The van der Waals surface area contributed by atoms with Crippen LogP contribution in [0, 0.1) is 5.92 Å². The second kappa shape index (κ2) is 9.02. The van der Waals surface area contributed by atoms with E-state index < -0.39 is 0 Å². The second-order valence-electron chi connectivity index (χ2n) is 4.17. The maximum atomic E-state index is 11.7. The minimum Gasteiger partial charge on any atom is -0.465 e. The molecule has 0 aliphatic rings. The molecule has 0 N–H and O–H groups in total. The third-order valence-corrected chi connectivity index (χ3v) is 2.76. The third kappa shape index (κ3) is 6.29. The fraction of sp³-hybridized carbons (Fsp3) is 0.846. The zero-order chi connectivity index (χ0) is 13.3. The van der Waals surface area contributed by atoms with Crippen molar-refractivity contribution in [3.63, 3.8) is 0 Å². The van der Waals surface area contributed by atoms with Crippen LogP contribution in [0.1, 0.15) is 47.0 Å². The Hall–Kier alpha value is -1.06. The molecule has 0 aromatic heterocycles. The maximum Gasteiger partial charge on any atom is 0.308 e. The van der Waals surface area contributed by atoms with Crippen molar-refractivity contribution in [2.45, 2.75) is 47.0 Å². The normalized spacial score (nSPS) is 12.0. The summed E-state index contributed by atoms with van der Waals surface area (Å²) in [7, 11) is 0. The van der Waals surface area contributed by atoms with Crippen LogP contribution in [0.5, 0.6) is 0 Å². The molecular weight excluding hydrogens is 218 g/mol. The number of ether oxygens (including phenoxy) is 1. The summed E-state index contributed by atoms with van der Waals surface area (Å²) in [6, 6.07) is 0. The smallest absolute Gasteiger partial charge is 0.308 e. The molecule has 4 nitrogen and oxygen atoms in total. The highest BCUT2D eigenvalue weighted by Crippen LogP contribution is 2.09. The van der Waals surface area contributed by atoms with Gasteiger partial charge in [0.15, 0.2) is 0 Å². The van der Waals surface area contributed by atoms with Crippen molar-refractivity contribution < 1.29 is 14.3 Å². The van der Waals surface area contributed by atoms with Gasteiger partial charge >= 0.3 is 5.97 Å². The van der Waals surface area contributed by atoms with E-state index in [1.807, 2.05) is 27.7 Å². The Morgan fingerprint density at radius 1 is 1.18 bits per heavy atom. The Balaban J connectivity index is 3.93. The first kappa shape index (κ1) is 15.9. The van der Waals surface area contributed by atoms with Crippen LogP contribution in [-0.4, -0.2) is 36.5 Å². The molecule has 0 spiro atoms. The highest BCUT2D eigenvalue weighted by atomic mass is 16.5. The molecule has 0 saturated heterocycles. The van der Waals surface area contributed by atoms with Crippen LogP contribution in [0.3, 0.4) is 0 Å². The number of hydrogen-bond donors (Lipinski definition) is 0. The summed E-state index contributed by atoms with van der Waals surface area (Å²) >= 11 is 0. The quantitative estimate of drug-likeness (QED) is 0.614. The SMILES string of the molecule is CCCOC(=O)C(C)CCC(=O)N(CC)CC. The molecule has 17 heavy (non-hydrogen) atoms. The molecule has 1 atom stereocenters. The van der Waals surface area contributed by atoms with E-state index in [9.17, 15) is 9.59 Å². The van der Waals surface area contributed by atoms with Crippen LogP contribution in [0.25, 0.3) is 0 Å². The number of esters is 1. The maximum absolute atomic E-state index is 11.7. The van der Waals surface area contributed by atoms with E-state index in [0.29, 0.717) is 19.4 Å². The molecule has 0 aliphatic heterocycles. The Bertz CT molecular complexity index is 237. The van der Waals surface area contributed by atoms with Gasteiger partial charge in [-0.2, -0.15) is 0 Å². The lowest BCUT2D eigenvalue weighted by atomic mass is 10.1. The van der Waals surface area contributed by atoms with E-state index in [0.717, 1.165) is 19.5 Å². The van der Waals surface area contributed by atoms with Crippen molar-refractivity contribution in [2.75, 3.05) is 19.7 Å². The van der Waals surface area contributed by atoms with Gasteiger partial charge in [0.1, 0.15) is 0 Å². The van der Waals surface area contributed by atoms with Crippen LogP contribution < -0.4 is 0 Å². The number of carbonyl (C=O) groups is 2. The van der Waals surface area contributed by atoms with Gasteiger partial charge in [-0.3, -0.25) is 9.59 Å². The molecular formula is C13H25NO3. The fourth-order valence-electron chi connectivity index (χ4n) is 1.54. The lowest BCUT2D eigenvalue weighted by molar-refractivity contribution is -0.148. The van der Waals surface area contributed by atoms with Gasteiger partial charge in [0.25, 0.3) is 0 Å². The number of hydrogen-bond acceptors (Lipinski definition) is 3. The van der Waals surface area contributed by atoms with Crippen molar-refractivity contribution in [1.82, 2.24) is 4.90 Å². The highest BCUT2D eigenvalue weighted by Gasteiger charge is 2.17. The zero-order valence-electron chi connectivity index (χ0n) is 11.5. The molecule has 0 rings (SSSR count). The fourth-order valence-corrected chi connectivity index (χ4v) is 1.54. The van der Waals surface area contributed by atoms with E-state index in [-0.39, 0.29) is 17.8 Å². The molecule has 0 fully saturated rings. The van der Waals surface area contributed by atoms with Gasteiger partial charge in [-0.15, -0.1) is 0 Å². The van der Waals surface area contributed by atoms with Gasteiger partial charge in [0.05, 0.1) is 12.5 Å². The van der Waals surface area contributed by atoms with E-state index in [1.165, 1.54) is 0 Å². The molecule has 0 heterocycles. The van der Waals surface area contributed by atoms with E-state index >= 15 is 0 Å². The number of amides is 1. The Labute approximate surface area is 104 Å². The van der Waals surface area contributed by atoms with Gasteiger partial charge in [-0.1, -0.05) is 13.8 Å². The molecule has 0 saturated carbocycles. The molecule has 1 amide bonds. The summed E-state index contributed by atoms with van der Waals surface area (Å²) in [5.41, 5.74) is 0. The first-order valence-corrected chi connectivity index (χ1v) is 6.51. The van der Waals surface area contributed by atoms with Gasteiger partial charge in [-0.25, -0.2) is 0 Å². The lowest BCUT2D eigenvalue weighted by Crippen LogP contribution is -2.31. The first-order chi connectivity index (χ1) is 8.06. The molecule has 100 valence electrons. The topological polar surface area (TPSA) is 46.6 Å². The van der Waals surface area contributed by atoms with Gasteiger partial charge in [0.2, 0.25) is 5.91 Å². The van der Waals surface area contributed by atoms with Crippen LogP contribution in [0.4, 0.5) is 0 Å². The summed E-state index contributed by atoms with van der Waals surface area (Å²) in [4.78, 5) is 25.0. The molecule has 1 unspecified atom stereocenters. The summed E-state index contributed by atoms with van der Waals surface area (Å²) < 4.78 is 5.03. The molecule has 4 heteroatoms. The minimum atomic E-state index is -0.195. The number of carbonyl (C=O) groups excluding carboxylic acids is 2. The Morgan fingerprint density at radius 3 is 2.24 bits per heavy atom. The lowest BCUT2D eigenvalue weighted by Gasteiger charge is -2.19. The molecule has 0 radical (unpaired) electrons. The minimum absolute atomic E-state index is 0.116.